The Morgan fingerprint density at radius 1 is 1.30 bits per heavy atom. The van der Waals surface area contributed by atoms with Gasteiger partial charge in [0, 0.05) is 22.4 Å². The first-order valence-electron chi connectivity index (χ1n) is 5.86. The van der Waals surface area contributed by atoms with Gasteiger partial charge in [0.05, 0.1) is 13.2 Å². The first kappa shape index (κ1) is 17.1. The van der Waals surface area contributed by atoms with Gasteiger partial charge in [-0.2, -0.15) is 5.26 Å². The van der Waals surface area contributed by atoms with Gasteiger partial charge in [-0.3, -0.25) is 9.05 Å². The summed E-state index contributed by atoms with van der Waals surface area (Å²) in [5, 5.41) is 13.4. The van der Waals surface area contributed by atoms with Gasteiger partial charge in [-0.1, -0.05) is 28.9 Å². The molecule has 0 amide bonds. The molecule has 8 heteroatoms. The van der Waals surface area contributed by atoms with Crippen LogP contribution in [-0.2, 0) is 25.5 Å². The molecule has 108 valence electrons. The van der Waals surface area contributed by atoms with E-state index < -0.39 is 6.72 Å². The first-order valence-corrected chi connectivity index (χ1v) is 8.80. The van der Waals surface area contributed by atoms with Gasteiger partial charge >= 0.3 is 6.72 Å². The Balaban J connectivity index is 2.92. The fourth-order valence-corrected chi connectivity index (χ4v) is 3.08. The number of halogens is 1. The molecule has 0 radical (unpaired) electrons. The molecular weight excluding hydrogens is 319 g/mol. The quantitative estimate of drug-likeness (QED) is 0.430. The van der Waals surface area contributed by atoms with Crippen molar-refractivity contribution in [2.24, 2.45) is 5.16 Å². The Labute approximate surface area is 128 Å². The maximum absolute atomic E-state index is 9.11. The van der Waals surface area contributed by atoms with Crippen LogP contribution in [0.4, 0.5) is 0 Å². The van der Waals surface area contributed by atoms with E-state index in [1.807, 2.05) is 6.07 Å². The van der Waals surface area contributed by atoms with Crippen LogP contribution in [-0.4, -0.2) is 18.9 Å². The molecule has 0 saturated carbocycles. The van der Waals surface area contributed by atoms with Gasteiger partial charge in [0.1, 0.15) is 6.07 Å². The number of oxime groups is 1. The zero-order valence-corrected chi connectivity index (χ0v) is 13.5. The Bertz CT molecular complexity index is 547. The van der Waals surface area contributed by atoms with E-state index in [9.17, 15) is 0 Å². The van der Waals surface area contributed by atoms with Crippen LogP contribution in [0.15, 0.2) is 29.4 Å². The van der Waals surface area contributed by atoms with Gasteiger partial charge in [0.15, 0.2) is 5.71 Å². The normalized spacial score (nSPS) is 12.0. The fraction of sp³-hybridized carbons (Fsp3) is 0.333. The minimum atomic E-state index is -2.95. The number of hydrogen-bond acceptors (Lipinski definition) is 6. The SMILES string of the molecule is CCOP(=S)(OCC)O/N=C(\C#N)c1ccc(Cl)cc1. The Morgan fingerprint density at radius 3 is 2.30 bits per heavy atom. The van der Waals surface area contributed by atoms with E-state index >= 15 is 0 Å². The summed E-state index contributed by atoms with van der Waals surface area (Å²) in [7, 11) is 0. The fourth-order valence-electron chi connectivity index (χ4n) is 1.24. The van der Waals surface area contributed by atoms with Crippen molar-refractivity contribution in [3.63, 3.8) is 0 Å². The molecule has 0 N–H and O–H groups in total. The van der Waals surface area contributed by atoms with Crippen molar-refractivity contribution in [3.8, 4) is 6.07 Å². The van der Waals surface area contributed by atoms with E-state index in [0.29, 0.717) is 23.8 Å². The van der Waals surface area contributed by atoms with Crippen molar-refractivity contribution in [2.45, 2.75) is 13.8 Å². The molecule has 0 bridgehead atoms. The van der Waals surface area contributed by atoms with Gasteiger partial charge in [-0.25, -0.2) is 0 Å². The summed E-state index contributed by atoms with van der Waals surface area (Å²) in [5.74, 6) is 0. The van der Waals surface area contributed by atoms with Crippen molar-refractivity contribution < 1.29 is 13.7 Å². The number of benzene rings is 1. The predicted octanol–water partition coefficient (Wildman–Crippen LogP) is 3.88. The molecule has 0 aliphatic rings. The van der Waals surface area contributed by atoms with Crippen LogP contribution >= 0.6 is 18.3 Å². The molecule has 0 heterocycles. The highest BCUT2D eigenvalue weighted by Crippen LogP contribution is 2.50. The van der Waals surface area contributed by atoms with Crippen molar-refractivity contribution in [2.75, 3.05) is 13.2 Å². The highest BCUT2D eigenvalue weighted by molar-refractivity contribution is 8.07. The summed E-state index contributed by atoms with van der Waals surface area (Å²) in [6.45, 7) is 1.29. The maximum atomic E-state index is 9.11. The van der Waals surface area contributed by atoms with Gasteiger partial charge in [-0.05, 0) is 26.0 Å². The lowest BCUT2D eigenvalue weighted by Gasteiger charge is -2.17. The average molecular weight is 333 g/mol. The summed E-state index contributed by atoms with van der Waals surface area (Å²) >= 11 is 10.9. The minimum Gasteiger partial charge on any atom is -0.312 e. The lowest BCUT2D eigenvalue weighted by atomic mass is 10.1. The van der Waals surface area contributed by atoms with E-state index in [2.05, 4.69) is 5.16 Å². The number of rotatable bonds is 7. The molecule has 0 aromatic heterocycles. The monoisotopic (exact) mass is 332 g/mol. The largest absolute Gasteiger partial charge is 0.402 e. The number of nitriles is 1. The number of hydrogen-bond donors (Lipinski definition) is 0. The molecule has 0 unspecified atom stereocenters. The van der Waals surface area contributed by atoms with Gasteiger partial charge < -0.3 is 4.62 Å². The molecule has 1 rings (SSSR count). The molecule has 0 atom stereocenters. The standard InChI is InChI=1S/C12H14ClN2O3PS/c1-3-16-19(20,17-4-2)18-15-12(9-14)10-5-7-11(13)8-6-10/h5-8H,3-4H2,1-2H3/b15-12+. The van der Waals surface area contributed by atoms with Gasteiger partial charge in [-0.15, -0.1) is 0 Å². The van der Waals surface area contributed by atoms with Crippen LogP contribution in [0.3, 0.4) is 0 Å². The Morgan fingerprint density at radius 2 is 1.85 bits per heavy atom. The highest BCUT2D eigenvalue weighted by Gasteiger charge is 2.21. The third kappa shape index (κ3) is 5.20. The van der Waals surface area contributed by atoms with E-state index in [0.717, 1.165) is 0 Å². The minimum absolute atomic E-state index is 0.0790. The van der Waals surface area contributed by atoms with Crippen LogP contribution in [0.1, 0.15) is 19.4 Å². The summed E-state index contributed by atoms with van der Waals surface area (Å²) in [4.78, 5) is 0. The van der Waals surface area contributed by atoms with Gasteiger partial charge in [0.2, 0.25) is 0 Å². The van der Waals surface area contributed by atoms with Crippen molar-refractivity contribution in [1.29, 1.82) is 5.26 Å². The Kier molecular flexibility index (Phi) is 7.14. The summed E-state index contributed by atoms with van der Waals surface area (Å²) in [6.07, 6.45) is 0. The second-order valence-electron chi connectivity index (χ2n) is 3.42. The van der Waals surface area contributed by atoms with E-state index in [1.165, 1.54) is 0 Å². The third-order valence-electron chi connectivity index (χ3n) is 2.03. The first-order chi connectivity index (χ1) is 9.54. The third-order valence-corrected chi connectivity index (χ3v) is 4.55. The molecule has 5 nitrogen and oxygen atoms in total. The van der Waals surface area contributed by atoms with Crippen LogP contribution in [0.25, 0.3) is 0 Å². The molecule has 1 aromatic carbocycles. The lowest BCUT2D eigenvalue weighted by Crippen LogP contribution is -2.01. The zero-order valence-electron chi connectivity index (χ0n) is 11.1. The smallest absolute Gasteiger partial charge is 0.312 e. The second kappa shape index (κ2) is 8.35. The van der Waals surface area contributed by atoms with Crippen molar-refractivity contribution in [3.05, 3.63) is 34.9 Å². The topological polar surface area (TPSA) is 63.8 Å². The Hall–Kier alpha value is -0.960. The highest BCUT2D eigenvalue weighted by atomic mass is 35.5. The van der Waals surface area contributed by atoms with E-state index in [-0.39, 0.29) is 5.71 Å². The van der Waals surface area contributed by atoms with Gasteiger partial charge in [0.25, 0.3) is 0 Å². The van der Waals surface area contributed by atoms with E-state index in [4.69, 9.17) is 42.3 Å². The summed E-state index contributed by atoms with van der Waals surface area (Å²) in [5.41, 5.74) is 0.654. The van der Waals surface area contributed by atoms with Crippen LogP contribution in [0.5, 0.6) is 0 Å². The molecule has 0 saturated heterocycles. The number of nitrogens with zero attached hydrogens (tertiary/aromatic N) is 2. The average Bonchev–Trinajstić information content (AvgIpc) is 2.42. The molecule has 0 aliphatic carbocycles. The van der Waals surface area contributed by atoms with Crippen LogP contribution in [0, 0.1) is 11.3 Å². The molecule has 0 spiro atoms. The maximum Gasteiger partial charge on any atom is 0.402 e. The van der Waals surface area contributed by atoms with E-state index in [1.54, 1.807) is 38.1 Å². The van der Waals surface area contributed by atoms with Crippen molar-refractivity contribution in [1.82, 2.24) is 0 Å². The predicted molar refractivity (Wildman–Crippen MR) is 82.2 cm³/mol. The molecule has 1 aromatic rings. The molecular formula is C12H14ClN2O3PS. The summed E-state index contributed by atoms with van der Waals surface area (Å²) in [6, 6.07) is 8.58. The summed E-state index contributed by atoms with van der Waals surface area (Å²) < 4.78 is 15.7. The molecule has 0 fully saturated rings. The van der Waals surface area contributed by atoms with Crippen molar-refractivity contribution >= 4 is 35.8 Å². The van der Waals surface area contributed by atoms with Crippen LogP contribution < -0.4 is 0 Å². The second-order valence-corrected chi connectivity index (χ2v) is 6.78. The zero-order chi connectivity index (χ0) is 15.0. The molecule has 0 aliphatic heterocycles. The molecule has 20 heavy (non-hydrogen) atoms. The van der Waals surface area contributed by atoms with Crippen LogP contribution in [0.2, 0.25) is 5.02 Å². The lowest BCUT2D eigenvalue weighted by molar-refractivity contribution is 0.172.